The second-order valence-corrected chi connectivity index (χ2v) is 10.2. The van der Waals surface area contributed by atoms with E-state index in [0.717, 1.165) is 23.2 Å². The van der Waals surface area contributed by atoms with Crippen molar-refractivity contribution in [2.45, 2.75) is 38.3 Å². The highest BCUT2D eigenvalue weighted by atomic mass is 32.2. The summed E-state index contributed by atoms with van der Waals surface area (Å²) in [5, 5.41) is 20.2. The quantitative estimate of drug-likeness (QED) is 0.213. The number of thioether (sulfide) groups is 1. The van der Waals surface area contributed by atoms with E-state index in [1.54, 1.807) is 48.5 Å². The molecule has 4 N–H and O–H groups in total. The first-order valence-corrected chi connectivity index (χ1v) is 13.2. The van der Waals surface area contributed by atoms with Gasteiger partial charge < -0.3 is 24.7 Å². The van der Waals surface area contributed by atoms with Gasteiger partial charge in [0.05, 0.1) is 5.04 Å². The fourth-order valence-electron chi connectivity index (χ4n) is 3.50. The van der Waals surface area contributed by atoms with Crippen LogP contribution in [0.25, 0.3) is 0 Å². The van der Waals surface area contributed by atoms with Crippen molar-refractivity contribution in [3.05, 3.63) is 53.5 Å². The third-order valence-electron chi connectivity index (χ3n) is 5.24. The predicted octanol–water partition coefficient (Wildman–Crippen LogP) is 3.34. The van der Waals surface area contributed by atoms with Gasteiger partial charge in [-0.15, -0.1) is 10.2 Å². The van der Waals surface area contributed by atoms with Crippen LogP contribution in [0.15, 0.2) is 53.5 Å². The van der Waals surface area contributed by atoms with Gasteiger partial charge in [0.15, 0.2) is 28.2 Å². The molecule has 5 rings (SSSR count). The second-order valence-electron chi connectivity index (χ2n) is 8.04. The number of nitrogens with one attached hydrogen (secondary N) is 2. The van der Waals surface area contributed by atoms with Crippen LogP contribution in [-0.2, 0) is 16.0 Å². The number of unbranched alkanes of at least 4 members (excludes halogenated alkanes) is 1. The van der Waals surface area contributed by atoms with E-state index in [2.05, 4.69) is 20.5 Å². The van der Waals surface area contributed by atoms with E-state index in [9.17, 15) is 9.59 Å². The Labute approximate surface area is 225 Å². The van der Waals surface area contributed by atoms with Crippen LogP contribution in [-0.4, -0.2) is 44.8 Å². The summed E-state index contributed by atoms with van der Waals surface area (Å²) in [4.78, 5) is 28.5. The SMILES string of the molecule is N=C(CCCCc1nnc(NC(=O)C2Oc3ccccc3O2)s1)SC(N)=NC(=O)C1Oc2ccccc2O1. The maximum Gasteiger partial charge on any atom is 0.330 e. The topological polar surface area (TPSA) is 171 Å². The molecule has 3 aromatic rings. The number of aliphatic imine (C=N–C) groups is 1. The number of ether oxygens (including phenoxy) is 4. The highest BCUT2D eigenvalue weighted by Crippen LogP contribution is 2.35. The van der Waals surface area contributed by atoms with Crippen LogP contribution in [0.4, 0.5) is 5.13 Å². The van der Waals surface area contributed by atoms with Gasteiger partial charge >= 0.3 is 24.4 Å². The molecule has 2 aliphatic rings. The standard InChI is InChI=1S/C24H22N6O6S2/c25-17(37-23(26)27-19(31)21-33-13-7-1-2-8-14(13)34-21)11-5-6-12-18-29-30-24(38-18)28-20(32)22-35-15-9-3-4-10-16(15)36-22/h1-4,7-10,21-22,25H,5-6,11-12H2,(H2,26,27,31)(H,28,30,32). The van der Waals surface area contributed by atoms with Gasteiger partial charge in [0.2, 0.25) is 5.13 Å². The molecule has 12 nitrogen and oxygen atoms in total. The van der Waals surface area contributed by atoms with E-state index in [1.807, 2.05) is 0 Å². The van der Waals surface area contributed by atoms with Crippen LogP contribution in [0.3, 0.4) is 0 Å². The number of benzene rings is 2. The molecular formula is C24H22N6O6S2. The Hall–Kier alpha value is -4.17. The normalized spacial score (nSPS) is 14.5. The van der Waals surface area contributed by atoms with Crippen molar-refractivity contribution in [1.82, 2.24) is 10.2 Å². The smallest absolute Gasteiger partial charge is 0.330 e. The fraction of sp³-hybridized carbons (Fsp3) is 0.250. The number of carbonyl (C=O) groups is 2. The Kier molecular flexibility index (Phi) is 7.70. The first kappa shape index (κ1) is 25.5. The molecule has 196 valence electrons. The molecular weight excluding hydrogens is 532 g/mol. The zero-order valence-electron chi connectivity index (χ0n) is 19.8. The number of nitrogens with zero attached hydrogens (tertiary/aromatic N) is 3. The molecule has 0 spiro atoms. The number of fused-ring (bicyclic) bond motifs is 2. The lowest BCUT2D eigenvalue weighted by atomic mass is 10.2. The maximum absolute atomic E-state index is 12.4. The summed E-state index contributed by atoms with van der Waals surface area (Å²) >= 11 is 2.18. The lowest BCUT2D eigenvalue weighted by molar-refractivity contribution is -0.133. The molecule has 0 fully saturated rings. The van der Waals surface area contributed by atoms with E-state index >= 15 is 0 Å². The number of hydrogen-bond acceptors (Lipinski definition) is 11. The molecule has 2 aromatic carbocycles. The summed E-state index contributed by atoms with van der Waals surface area (Å²) in [6, 6.07) is 14.0. The van der Waals surface area contributed by atoms with Gasteiger partial charge in [-0.25, -0.2) is 0 Å². The third kappa shape index (κ3) is 6.20. The molecule has 0 saturated carbocycles. The lowest BCUT2D eigenvalue weighted by Gasteiger charge is -2.08. The Morgan fingerprint density at radius 2 is 1.53 bits per heavy atom. The largest absolute Gasteiger partial charge is 0.442 e. The number of aromatic nitrogens is 2. The Morgan fingerprint density at radius 1 is 0.947 bits per heavy atom. The number of amides is 2. The minimum absolute atomic E-state index is 0.0500. The van der Waals surface area contributed by atoms with Crippen molar-refractivity contribution >= 4 is 50.3 Å². The third-order valence-corrected chi connectivity index (χ3v) is 6.89. The van der Waals surface area contributed by atoms with Crippen molar-refractivity contribution in [2.75, 3.05) is 5.32 Å². The molecule has 0 aliphatic carbocycles. The van der Waals surface area contributed by atoms with Crippen LogP contribution < -0.4 is 30.0 Å². The van der Waals surface area contributed by atoms with E-state index < -0.39 is 24.4 Å². The van der Waals surface area contributed by atoms with Crippen LogP contribution in [0.5, 0.6) is 23.0 Å². The zero-order chi connectivity index (χ0) is 26.5. The van der Waals surface area contributed by atoms with E-state index in [1.165, 1.54) is 11.3 Å². The van der Waals surface area contributed by atoms with Crippen molar-refractivity contribution in [1.29, 1.82) is 5.41 Å². The average molecular weight is 555 g/mol. The molecule has 14 heteroatoms. The second kappa shape index (κ2) is 11.5. The Balaban J connectivity index is 0.995. The van der Waals surface area contributed by atoms with E-state index in [4.69, 9.17) is 30.1 Å². The molecule has 2 amide bonds. The average Bonchev–Trinajstić information content (AvgIpc) is 3.64. The van der Waals surface area contributed by atoms with Gasteiger partial charge in [0, 0.05) is 6.42 Å². The summed E-state index contributed by atoms with van der Waals surface area (Å²) in [5.74, 6) is 0.811. The van der Waals surface area contributed by atoms with Crippen molar-refractivity contribution in [2.24, 2.45) is 10.7 Å². The Morgan fingerprint density at radius 3 is 2.13 bits per heavy atom. The van der Waals surface area contributed by atoms with Crippen LogP contribution in [0, 0.1) is 5.41 Å². The van der Waals surface area contributed by atoms with Crippen LogP contribution >= 0.6 is 23.1 Å². The highest BCUT2D eigenvalue weighted by Gasteiger charge is 2.32. The maximum atomic E-state index is 12.4. The van der Waals surface area contributed by atoms with Gasteiger partial charge in [-0.3, -0.25) is 20.3 Å². The molecule has 1 aromatic heterocycles. The molecule has 0 saturated heterocycles. The number of para-hydroxylation sites is 4. The molecule has 38 heavy (non-hydrogen) atoms. The van der Waals surface area contributed by atoms with Gasteiger partial charge in [0.25, 0.3) is 0 Å². The van der Waals surface area contributed by atoms with E-state index in [-0.39, 0.29) is 10.2 Å². The lowest BCUT2D eigenvalue weighted by Crippen LogP contribution is -2.34. The molecule has 0 radical (unpaired) electrons. The zero-order valence-corrected chi connectivity index (χ0v) is 21.4. The van der Waals surface area contributed by atoms with Gasteiger partial charge in [-0.2, -0.15) is 4.99 Å². The van der Waals surface area contributed by atoms with Crippen LogP contribution in [0.2, 0.25) is 0 Å². The number of nitrogens with two attached hydrogens (primary N) is 1. The number of rotatable bonds is 8. The number of amidine groups is 1. The summed E-state index contributed by atoms with van der Waals surface area (Å²) < 4.78 is 21.8. The number of carbonyl (C=O) groups excluding carboxylic acids is 2. The van der Waals surface area contributed by atoms with E-state index in [0.29, 0.717) is 47.4 Å². The van der Waals surface area contributed by atoms with Crippen LogP contribution in [0.1, 0.15) is 24.3 Å². The predicted molar refractivity (Wildman–Crippen MR) is 141 cm³/mol. The first-order valence-electron chi connectivity index (χ1n) is 11.6. The molecule has 3 heterocycles. The molecule has 0 unspecified atom stereocenters. The fourth-order valence-corrected chi connectivity index (χ4v) is 4.92. The molecule has 0 atom stereocenters. The van der Waals surface area contributed by atoms with Crippen molar-refractivity contribution in [3.63, 3.8) is 0 Å². The summed E-state index contributed by atoms with van der Waals surface area (Å²) in [5.41, 5.74) is 5.83. The van der Waals surface area contributed by atoms with Gasteiger partial charge in [0.1, 0.15) is 5.01 Å². The number of hydrogen-bond donors (Lipinski definition) is 3. The van der Waals surface area contributed by atoms with Gasteiger partial charge in [-0.1, -0.05) is 35.6 Å². The highest BCUT2D eigenvalue weighted by molar-refractivity contribution is 8.26. The van der Waals surface area contributed by atoms with Gasteiger partial charge in [-0.05, 0) is 55.3 Å². The summed E-state index contributed by atoms with van der Waals surface area (Å²) in [6.45, 7) is 0. The molecule has 0 bridgehead atoms. The summed E-state index contributed by atoms with van der Waals surface area (Å²) in [6.07, 6.45) is 0.261. The monoisotopic (exact) mass is 554 g/mol. The van der Waals surface area contributed by atoms with Crippen molar-refractivity contribution in [3.8, 4) is 23.0 Å². The Bertz CT molecular complexity index is 1350. The number of anilines is 1. The minimum atomic E-state index is -1.18. The summed E-state index contributed by atoms with van der Waals surface area (Å²) in [7, 11) is 0. The molecule has 2 aliphatic heterocycles. The van der Waals surface area contributed by atoms with Crippen molar-refractivity contribution < 1.29 is 28.5 Å². The number of aryl methyl sites for hydroxylation is 1. The minimum Gasteiger partial charge on any atom is -0.442 e. The first-order chi connectivity index (χ1) is 18.4.